The Morgan fingerprint density at radius 3 is 2.74 bits per heavy atom. The number of aromatic nitrogens is 3. The van der Waals surface area contributed by atoms with Crippen molar-refractivity contribution in [2.75, 3.05) is 12.0 Å². The van der Waals surface area contributed by atoms with E-state index in [-0.39, 0.29) is 5.38 Å². The first-order valence-corrected chi connectivity index (χ1v) is 8.41. The topological polar surface area (TPSA) is 30.7 Å². The number of nitrogens with zero attached hydrogens (tertiary/aromatic N) is 3. The molecule has 0 amide bonds. The second-order valence-electron chi connectivity index (χ2n) is 4.58. The van der Waals surface area contributed by atoms with Crippen molar-refractivity contribution in [3.05, 3.63) is 23.2 Å². The first-order valence-electron chi connectivity index (χ1n) is 6.20. The standard InChI is InChI=1S/C13H17Cl2N3S/c1-8(4-5-19-3)18-12-10(15)6-16-7-11(12)17-13(18)9(2)14/h6-9H,4-5H2,1-3H3. The molecule has 104 valence electrons. The Bertz CT molecular complexity index is 568. The highest BCUT2D eigenvalue weighted by molar-refractivity contribution is 7.98. The van der Waals surface area contributed by atoms with Crippen molar-refractivity contribution >= 4 is 46.0 Å². The van der Waals surface area contributed by atoms with Gasteiger partial charge in [-0.2, -0.15) is 11.8 Å². The molecule has 6 heteroatoms. The Morgan fingerprint density at radius 1 is 1.37 bits per heavy atom. The van der Waals surface area contributed by atoms with E-state index in [1.807, 2.05) is 18.7 Å². The third kappa shape index (κ3) is 3.01. The molecule has 2 atom stereocenters. The lowest BCUT2D eigenvalue weighted by Crippen LogP contribution is -2.11. The van der Waals surface area contributed by atoms with Gasteiger partial charge in [0, 0.05) is 12.2 Å². The Balaban J connectivity index is 2.57. The Morgan fingerprint density at radius 2 is 2.11 bits per heavy atom. The van der Waals surface area contributed by atoms with Crippen molar-refractivity contribution in [3.8, 4) is 0 Å². The average Bonchev–Trinajstić information content (AvgIpc) is 2.77. The van der Waals surface area contributed by atoms with Crippen molar-refractivity contribution < 1.29 is 0 Å². The zero-order valence-corrected chi connectivity index (χ0v) is 13.6. The van der Waals surface area contributed by atoms with Crippen LogP contribution in [0.2, 0.25) is 5.02 Å². The molecule has 0 aliphatic carbocycles. The van der Waals surface area contributed by atoms with Gasteiger partial charge in [0.05, 0.1) is 22.1 Å². The minimum absolute atomic E-state index is 0.153. The smallest absolute Gasteiger partial charge is 0.128 e. The van der Waals surface area contributed by atoms with Gasteiger partial charge in [-0.25, -0.2) is 4.98 Å². The van der Waals surface area contributed by atoms with Crippen LogP contribution in [0.3, 0.4) is 0 Å². The van der Waals surface area contributed by atoms with Gasteiger partial charge >= 0.3 is 0 Å². The van der Waals surface area contributed by atoms with E-state index >= 15 is 0 Å². The van der Waals surface area contributed by atoms with E-state index in [0.717, 1.165) is 29.0 Å². The molecule has 19 heavy (non-hydrogen) atoms. The monoisotopic (exact) mass is 317 g/mol. The summed E-state index contributed by atoms with van der Waals surface area (Å²) in [7, 11) is 0. The van der Waals surface area contributed by atoms with Crippen molar-refractivity contribution in [2.45, 2.75) is 31.7 Å². The molecule has 2 unspecified atom stereocenters. The number of hydrogen-bond donors (Lipinski definition) is 0. The molecule has 0 aromatic carbocycles. The largest absolute Gasteiger partial charge is 0.323 e. The number of thioether (sulfide) groups is 1. The molecule has 0 aliphatic rings. The first kappa shape index (κ1) is 14.9. The molecule has 2 aromatic rings. The molecule has 0 fully saturated rings. The summed E-state index contributed by atoms with van der Waals surface area (Å²) in [5, 5.41) is 0.477. The van der Waals surface area contributed by atoms with Crippen LogP contribution in [0.1, 0.15) is 37.5 Å². The fraction of sp³-hybridized carbons (Fsp3) is 0.538. The molecule has 0 bridgehead atoms. The summed E-state index contributed by atoms with van der Waals surface area (Å²) in [5.74, 6) is 1.96. The molecule has 2 aromatic heterocycles. The highest BCUT2D eigenvalue weighted by Gasteiger charge is 2.20. The maximum Gasteiger partial charge on any atom is 0.128 e. The average molecular weight is 318 g/mol. The van der Waals surface area contributed by atoms with E-state index in [2.05, 4.69) is 27.7 Å². The van der Waals surface area contributed by atoms with Crippen LogP contribution >= 0.6 is 35.0 Å². The normalized spacial score (nSPS) is 14.8. The van der Waals surface area contributed by atoms with E-state index in [1.165, 1.54) is 0 Å². The second-order valence-corrected chi connectivity index (χ2v) is 6.62. The summed E-state index contributed by atoms with van der Waals surface area (Å²) in [5.41, 5.74) is 1.75. The van der Waals surface area contributed by atoms with Gasteiger partial charge < -0.3 is 4.57 Å². The number of fused-ring (bicyclic) bond motifs is 1. The lowest BCUT2D eigenvalue weighted by molar-refractivity contribution is 0.526. The third-order valence-electron chi connectivity index (χ3n) is 3.11. The maximum atomic E-state index is 6.29. The molecule has 2 rings (SSSR count). The van der Waals surface area contributed by atoms with Crippen molar-refractivity contribution in [3.63, 3.8) is 0 Å². The van der Waals surface area contributed by atoms with E-state index < -0.39 is 0 Å². The van der Waals surface area contributed by atoms with Crippen molar-refractivity contribution in [1.82, 2.24) is 14.5 Å². The van der Waals surface area contributed by atoms with Crippen molar-refractivity contribution in [1.29, 1.82) is 0 Å². The number of hydrogen-bond acceptors (Lipinski definition) is 3. The summed E-state index contributed by atoms with van der Waals surface area (Å²) >= 11 is 14.4. The summed E-state index contributed by atoms with van der Waals surface area (Å²) in [6.07, 6.45) is 6.57. The van der Waals surface area contributed by atoms with E-state index in [9.17, 15) is 0 Å². The zero-order chi connectivity index (χ0) is 14.0. The second kappa shape index (κ2) is 6.33. The molecule has 0 aliphatic heterocycles. The highest BCUT2D eigenvalue weighted by Crippen LogP contribution is 2.32. The van der Waals surface area contributed by atoms with E-state index in [1.54, 1.807) is 12.4 Å². The molecular weight excluding hydrogens is 301 g/mol. The Kier molecular flexibility index (Phi) is 4.98. The van der Waals surface area contributed by atoms with Gasteiger partial charge in [-0.3, -0.25) is 4.98 Å². The van der Waals surface area contributed by atoms with Gasteiger partial charge in [0.2, 0.25) is 0 Å². The summed E-state index contributed by atoms with van der Waals surface area (Å²) < 4.78 is 2.16. The van der Waals surface area contributed by atoms with Crippen LogP contribution in [0.5, 0.6) is 0 Å². The maximum absolute atomic E-state index is 6.29. The van der Waals surface area contributed by atoms with Crippen LogP contribution in [0.15, 0.2) is 12.4 Å². The number of alkyl halides is 1. The number of pyridine rings is 1. The van der Waals surface area contributed by atoms with E-state index in [4.69, 9.17) is 23.2 Å². The Hall–Kier alpha value is -0.450. The van der Waals surface area contributed by atoms with Gasteiger partial charge in [0.1, 0.15) is 11.3 Å². The molecule has 3 nitrogen and oxygen atoms in total. The van der Waals surface area contributed by atoms with Crippen LogP contribution in [0.4, 0.5) is 0 Å². The van der Waals surface area contributed by atoms with Crippen molar-refractivity contribution in [2.24, 2.45) is 0 Å². The number of imidazole rings is 1. The molecular formula is C13H17Cl2N3S. The van der Waals surface area contributed by atoms with Gasteiger partial charge in [0.25, 0.3) is 0 Å². The number of rotatable bonds is 5. The van der Waals surface area contributed by atoms with Gasteiger partial charge in [-0.05, 0) is 32.3 Å². The minimum atomic E-state index is -0.153. The fourth-order valence-electron chi connectivity index (χ4n) is 2.17. The quantitative estimate of drug-likeness (QED) is 0.749. The fourth-order valence-corrected chi connectivity index (χ4v) is 3.15. The lowest BCUT2D eigenvalue weighted by Gasteiger charge is -2.18. The minimum Gasteiger partial charge on any atom is -0.323 e. The summed E-state index contributed by atoms with van der Waals surface area (Å²) in [6.45, 7) is 4.11. The third-order valence-corrected chi connectivity index (χ3v) is 4.23. The van der Waals surface area contributed by atoms with E-state index in [0.29, 0.717) is 11.1 Å². The SMILES string of the molecule is CSCCC(C)n1c(C(C)Cl)nc2cncc(Cl)c21. The van der Waals surface area contributed by atoms with Gasteiger partial charge in [0.15, 0.2) is 0 Å². The zero-order valence-electron chi connectivity index (χ0n) is 11.2. The van der Waals surface area contributed by atoms with Gasteiger partial charge in [-0.1, -0.05) is 11.6 Å². The van der Waals surface area contributed by atoms with Crippen LogP contribution in [0.25, 0.3) is 11.0 Å². The lowest BCUT2D eigenvalue weighted by atomic mass is 10.2. The summed E-state index contributed by atoms with van der Waals surface area (Å²) in [6, 6.07) is 0.313. The van der Waals surface area contributed by atoms with Crippen LogP contribution in [0, 0.1) is 0 Å². The van der Waals surface area contributed by atoms with Crippen LogP contribution < -0.4 is 0 Å². The molecule has 0 N–H and O–H groups in total. The van der Waals surface area contributed by atoms with Crippen LogP contribution in [-0.4, -0.2) is 26.5 Å². The molecule has 0 spiro atoms. The molecule has 0 radical (unpaired) electrons. The predicted molar refractivity (Wildman–Crippen MR) is 84.5 cm³/mol. The van der Waals surface area contributed by atoms with Crippen LogP contribution in [-0.2, 0) is 0 Å². The Labute approximate surface area is 127 Å². The van der Waals surface area contributed by atoms with Gasteiger partial charge in [-0.15, -0.1) is 11.6 Å². The predicted octanol–water partition coefficient (Wildman–Crippen LogP) is 4.70. The molecule has 0 saturated heterocycles. The molecule has 0 saturated carbocycles. The molecule has 2 heterocycles. The number of halogens is 2. The summed E-state index contributed by atoms with van der Waals surface area (Å²) in [4.78, 5) is 8.67. The highest BCUT2D eigenvalue weighted by atomic mass is 35.5. The first-order chi connectivity index (χ1) is 9.06.